The van der Waals surface area contributed by atoms with Crippen LogP contribution in [-0.2, 0) is 4.79 Å². The molecule has 0 spiro atoms. The molecule has 0 aliphatic carbocycles. The van der Waals surface area contributed by atoms with Crippen LogP contribution in [0.1, 0.15) is 6.92 Å². The second kappa shape index (κ2) is 8.90. The van der Waals surface area contributed by atoms with E-state index in [1.54, 1.807) is 4.68 Å². The second-order valence-corrected chi connectivity index (χ2v) is 9.15. The van der Waals surface area contributed by atoms with Crippen molar-refractivity contribution in [2.24, 2.45) is 0 Å². The number of rotatable bonds is 6. The lowest BCUT2D eigenvalue weighted by Gasteiger charge is -2.22. The van der Waals surface area contributed by atoms with Gasteiger partial charge in [-0.2, -0.15) is 0 Å². The largest absolute Gasteiger partial charge is 0.311 e. The summed E-state index contributed by atoms with van der Waals surface area (Å²) in [7, 11) is 0. The van der Waals surface area contributed by atoms with E-state index in [1.807, 2.05) is 66.4 Å². The van der Waals surface area contributed by atoms with Crippen LogP contribution < -0.4 is 4.90 Å². The molecule has 0 radical (unpaired) electrons. The SMILES string of the molecule is CCN(C(=O)CSc1nn(-c2ccccc2)c(=S)s1)c1cccc2ccccc12. The van der Waals surface area contributed by atoms with E-state index < -0.39 is 0 Å². The van der Waals surface area contributed by atoms with E-state index in [4.69, 9.17) is 12.2 Å². The Bertz CT molecular complexity index is 1200. The van der Waals surface area contributed by atoms with E-state index in [2.05, 4.69) is 23.3 Å². The van der Waals surface area contributed by atoms with E-state index in [1.165, 1.54) is 23.1 Å². The molecule has 7 heteroatoms. The number of hydrogen-bond acceptors (Lipinski definition) is 5. The molecule has 4 nitrogen and oxygen atoms in total. The monoisotopic (exact) mass is 437 g/mol. The maximum Gasteiger partial charge on any atom is 0.237 e. The number of anilines is 1. The van der Waals surface area contributed by atoms with Crippen molar-refractivity contribution in [3.8, 4) is 5.69 Å². The molecule has 0 aliphatic rings. The van der Waals surface area contributed by atoms with Gasteiger partial charge in [0, 0.05) is 11.9 Å². The van der Waals surface area contributed by atoms with Crippen LogP contribution in [0.15, 0.2) is 77.1 Å². The zero-order chi connectivity index (χ0) is 20.2. The van der Waals surface area contributed by atoms with Crippen LogP contribution >= 0.6 is 35.3 Å². The molecule has 1 amide bonds. The number of aromatic nitrogens is 2. The number of nitrogens with zero attached hydrogens (tertiary/aromatic N) is 3. The number of thioether (sulfide) groups is 1. The standard InChI is InChI=1S/C22H19N3OS3/c1-2-24(19-14-8-10-16-9-6-7-13-18(16)19)20(26)15-28-21-23-25(22(27)29-21)17-11-4-3-5-12-17/h3-14H,2,15H2,1H3. The molecule has 3 aromatic carbocycles. The average Bonchev–Trinajstić information content (AvgIpc) is 3.14. The number of hydrogen-bond donors (Lipinski definition) is 0. The first kappa shape index (κ1) is 19.8. The molecule has 0 aliphatic heterocycles. The van der Waals surface area contributed by atoms with Crippen molar-refractivity contribution in [2.75, 3.05) is 17.2 Å². The zero-order valence-electron chi connectivity index (χ0n) is 15.8. The molecule has 0 N–H and O–H groups in total. The van der Waals surface area contributed by atoms with Gasteiger partial charge in [-0.1, -0.05) is 77.7 Å². The smallest absolute Gasteiger partial charge is 0.237 e. The van der Waals surface area contributed by atoms with Crippen LogP contribution in [0.3, 0.4) is 0 Å². The van der Waals surface area contributed by atoms with Crippen LogP contribution in [0.25, 0.3) is 16.5 Å². The Morgan fingerprint density at radius 1 is 1.07 bits per heavy atom. The Labute approximate surface area is 182 Å². The lowest BCUT2D eigenvalue weighted by atomic mass is 10.1. The minimum atomic E-state index is 0.0567. The first-order chi connectivity index (χ1) is 14.2. The third-order valence-electron chi connectivity index (χ3n) is 4.52. The molecular weight excluding hydrogens is 418 g/mol. The van der Waals surface area contributed by atoms with Crippen LogP contribution in [0.4, 0.5) is 5.69 Å². The van der Waals surface area contributed by atoms with Gasteiger partial charge in [-0.3, -0.25) is 4.79 Å². The zero-order valence-corrected chi connectivity index (χ0v) is 18.3. The fourth-order valence-corrected chi connectivity index (χ4v) is 5.41. The van der Waals surface area contributed by atoms with Gasteiger partial charge in [0.25, 0.3) is 0 Å². The van der Waals surface area contributed by atoms with Gasteiger partial charge < -0.3 is 4.90 Å². The van der Waals surface area contributed by atoms with E-state index in [0.29, 0.717) is 16.3 Å². The Morgan fingerprint density at radius 3 is 2.59 bits per heavy atom. The summed E-state index contributed by atoms with van der Waals surface area (Å²) >= 11 is 8.31. The van der Waals surface area contributed by atoms with Crippen molar-refractivity contribution >= 4 is 57.7 Å². The highest BCUT2D eigenvalue weighted by Crippen LogP contribution is 2.29. The van der Waals surface area contributed by atoms with Gasteiger partial charge in [-0.25, -0.2) is 4.68 Å². The lowest BCUT2D eigenvalue weighted by Crippen LogP contribution is -2.32. The number of amides is 1. The van der Waals surface area contributed by atoms with Crippen molar-refractivity contribution in [3.63, 3.8) is 0 Å². The third kappa shape index (κ3) is 4.27. The fraction of sp³-hybridized carbons (Fsp3) is 0.136. The van der Waals surface area contributed by atoms with Gasteiger partial charge in [0.1, 0.15) is 0 Å². The Kier molecular flexibility index (Phi) is 6.08. The summed E-state index contributed by atoms with van der Waals surface area (Å²) in [4.78, 5) is 14.8. The molecule has 0 saturated heterocycles. The van der Waals surface area contributed by atoms with Gasteiger partial charge in [0.05, 0.1) is 17.1 Å². The predicted octanol–water partition coefficient (Wildman–Crippen LogP) is 5.96. The van der Waals surface area contributed by atoms with Crippen LogP contribution in [0.2, 0.25) is 0 Å². The van der Waals surface area contributed by atoms with E-state index >= 15 is 0 Å². The van der Waals surface area contributed by atoms with E-state index in [9.17, 15) is 4.79 Å². The molecule has 0 unspecified atom stereocenters. The summed E-state index contributed by atoms with van der Waals surface area (Å²) in [6.07, 6.45) is 0. The van der Waals surface area contributed by atoms with Crippen molar-refractivity contribution in [1.29, 1.82) is 0 Å². The van der Waals surface area contributed by atoms with Gasteiger partial charge in [-0.15, -0.1) is 5.10 Å². The number of fused-ring (bicyclic) bond motifs is 1. The maximum absolute atomic E-state index is 13.0. The molecule has 146 valence electrons. The fourth-order valence-electron chi connectivity index (χ4n) is 3.18. The van der Waals surface area contributed by atoms with Crippen LogP contribution in [0, 0.1) is 3.95 Å². The molecule has 1 heterocycles. The van der Waals surface area contributed by atoms with Crippen molar-refractivity contribution in [1.82, 2.24) is 9.78 Å². The summed E-state index contributed by atoms with van der Waals surface area (Å²) in [6.45, 7) is 2.61. The number of para-hydroxylation sites is 1. The normalized spacial score (nSPS) is 10.9. The van der Waals surface area contributed by atoms with Crippen molar-refractivity contribution in [2.45, 2.75) is 11.3 Å². The highest BCUT2D eigenvalue weighted by atomic mass is 32.2. The minimum absolute atomic E-state index is 0.0567. The highest BCUT2D eigenvalue weighted by Gasteiger charge is 2.17. The predicted molar refractivity (Wildman–Crippen MR) is 125 cm³/mol. The quantitative estimate of drug-likeness (QED) is 0.275. The summed E-state index contributed by atoms with van der Waals surface area (Å²) in [5.41, 5.74) is 1.87. The molecule has 4 rings (SSSR count). The van der Waals surface area contributed by atoms with Crippen molar-refractivity contribution in [3.05, 3.63) is 76.8 Å². The molecule has 4 aromatic rings. The molecular formula is C22H19N3OS3. The second-order valence-electron chi connectivity index (χ2n) is 6.31. The average molecular weight is 438 g/mol. The Hall–Kier alpha value is -2.48. The lowest BCUT2D eigenvalue weighted by molar-refractivity contribution is -0.116. The molecule has 0 bridgehead atoms. The first-order valence-corrected chi connectivity index (χ1v) is 11.4. The number of carbonyl (C=O) groups excluding carboxylic acids is 1. The summed E-state index contributed by atoms with van der Waals surface area (Å²) in [5.74, 6) is 0.370. The molecule has 0 fully saturated rings. The Morgan fingerprint density at radius 2 is 1.79 bits per heavy atom. The highest BCUT2D eigenvalue weighted by molar-refractivity contribution is 8.01. The molecule has 0 atom stereocenters. The first-order valence-electron chi connectivity index (χ1n) is 9.24. The maximum atomic E-state index is 13.0. The minimum Gasteiger partial charge on any atom is -0.311 e. The third-order valence-corrected chi connectivity index (χ3v) is 6.87. The van der Waals surface area contributed by atoms with Crippen LogP contribution in [0.5, 0.6) is 0 Å². The topological polar surface area (TPSA) is 38.1 Å². The van der Waals surface area contributed by atoms with E-state index in [0.717, 1.165) is 26.5 Å². The Balaban J connectivity index is 1.52. The summed E-state index contributed by atoms with van der Waals surface area (Å²) in [6, 6.07) is 24.0. The molecule has 0 saturated carbocycles. The van der Waals surface area contributed by atoms with Crippen molar-refractivity contribution < 1.29 is 4.79 Å². The van der Waals surface area contributed by atoms with Gasteiger partial charge in [-0.05, 0) is 42.7 Å². The van der Waals surface area contributed by atoms with E-state index in [-0.39, 0.29) is 5.91 Å². The number of benzene rings is 3. The summed E-state index contributed by atoms with van der Waals surface area (Å²) < 4.78 is 3.21. The van der Waals surface area contributed by atoms with Gasteiger partial charge in [0.2, 0.25) is 5.91 Å². The molecule has 1 aromatic heterocycles. The van der Waals surface area contributed by atoms with Gasteiger partial charge >= 0.3 is 0 Å². The molecule has 29 heavy (non-hydrogen) atoms. The van der Waals surface area contributed by atoms with Crippen LogP contribution in [-0.4, -0.2) is 28.0 Å². The number of carbonyl (C=O) groups is 1. The van der Waals surface area contributed by atoms with Gasteiger partial charge in [0.15, 0.2) is 8.29 Å². The summed E-state index contributed by atoms with van der Waals surface area (Å²) in [5, 5.41) is 6.79.